The maximum absolute atomic E-state index is 13.3. The minimum absolute atomic E-state index is 0.0763. The van der Waals surface area contributed by atoms with Crippen LogP contribution >= 0.6 is 11.8 Å². The summed E-state index contributed by atoms with van der Waals surface area (Å²) in [4.78, 5) is 17.3. The first-order chi connectivity index (χ1) is 16.4. The fourth-order valence-electron chi connectivity index (χ4n) is 4.19. The van der Waals surface area contributed by atoms with Crippen molar-refractivity contribution in [3.63, 3.8) is 0 Å². The maximum atomic E-state index is 13.3. The van der Waals surface area contributed by atoms with Crippen LogP contribution in [0.4, 0.5) is 5.69 Å². The number of amides is 1. The van der Waals surface area contributed by atoms with Crippen LogP contribution in [-0.4, -0.2) is 64.7 Å². The predicted molar refractivity (Wildman–Crippen MR) is 137 cm³/mol. The number of thioether (sulfide) groups is 1. The van der Waals surface area contributed by atoms with Gasteiger partial charge < -0.3 is 14.5 Å². The van der Waals surface area contributed by atoms with E-state index in [1.165, 1.54) is 17.3 Å². The van der Waals surface area contributed by atoms with E-state index in [2.05, 4.69) is 71.4 Å². The van der Waals surface area contributed by atoms with Gasteiger partial charge in [0.1, 0.15) is 6.33 Å². The second-order valence-electron chi connectivity index (χ2n) is 9.03. The Bertz CT molecular complexity index is 1110. The van der Waals surface area contributed by atoms with Crippen LogP contribution in [0, 0.1) is 13.8 Å². The third-order valence-corrected chi connectivity index (χ3v) is 7.01. The van der Waals surface area contributed by atoms with Crippen molar-refractivity contribution in [1.29, 1.82) is 0 Å². The highest BCUT2D eigenvalue weighted by Gasteiger charge is 2.23. The SMILES string of the molecule is Cc1ccc(-n2cnnc2SCC(=O)N(Cc2ccc(N(C)C)cc2)C[C@@H]2CCCO2)c(C)c1. The molecule has 0 saturated carbocycles. The zero-order chi connectivity index (χ0) is 24.1. The third kappa shape index (κ3) is 5.98. The lowest BCUT2D eigenvalue weighted by atomic mass is 10.1. The summed E-state index contributed by atoms with van der Waals surface area (Å²) in [6.45, 7) is 6.11. The summed E-state index contributed by atoms with van der Waals surface area (Å²) in [7, 11) is 4.05. The molecule has 0 bridgehead atoms. The van der Waals surface area contributed by atoms with Gasteiger partial charge >= 0.3 is 0 Å². The lowest BCUT2D eigenvalue weighted by Gasteiger charge is -2.26. The van der Waals surface area contributed by atoms with Gasteiger partial charge in [0.05, 0.1) is 17.5 Å². The smallest absolute Gasteiger partial charge is 0.233 e. The van der Waals surface area contributed by atoms with Crippen LogP contribution in [0.3, 0.4) is 0 Å². The van der Waals surface area contributed by atoms with Gasteiger partial charge in [0.15, 0.2) is 5.16 Å². The summed E-state index contributed by atoms with van der Waals surface area (Å²) in [6, 6.07) is 14.6. The molecule has 0 unspecified atom stereocenters. The van der Waals surface area contributed by atoms with Crippen molar-refractivity contribution in [2.24, 2.45) is 0 Å². The molecule has 2 heterocycles. The number of anilines is 1. The quantitative estimate of drug-likeness (QED) is 0.428. The molecule has 0 aliphatic carbocycles. The van der Waals surface area contributed by atoms with Crippen molar-refractivity contribution in [2.45, 2.75) is 44.5 Å². The minimum Gasteiger partial charge on any atom is -0.378 e. The number of carbonyl (C=O) groups excluding carboxylic acids is 1. The zero-order valence-corrected chi connectivity index (χ0v) is 21.2. The van der Waals surface area contributed by atoms with Gasteiger partial charge in [-0.15, -0.1) is 10.2 Å². The van der Waals surface area contributed by atoms with Crippen molar-refractivity contribution in [3.05, 3.63) is 65.5 Å². The average Bonchev–Trinajstić information content (AvgIpc) is 3.49. The van der Waals surface area contributed by atoms with E-state index < -0.39 is 0 Å². The standard InChI is InChI=1S/C26H33N5O2S/c1-19-7-12-24(20(2)14-19)31-18-27-28-26(31)34-17-25(32)30(16-23-6-5-13-33-23)15-21-8-10-22(11-9-21)29(3)4/h7-12,14,18,23H,5-6,13,15-17H2,1-4H3/t23-/m0/s1. The average molecular weight is 480 g/mol. The predicted octanol–water partition coefficient (Wildman–Crippen LogP) is 4.25. The van der Waals surface area contributed by atoms with Gasteiger partial charge in [-0.3, -0.25) is 9.36 Å². The topological polar surface area (TPSA) is 63.5 Å². The van der Waals surface area contributed by atoms with E-state index in [1.54, 1.807) is 6.33 Å². The summed E-state index contributed by atoms with van der Waals surface area (Å²) in [6.07, 6.45) is 3.87. The van der Waals surface area contributed by atoms with Gasteiger partial charge in [0, 0.05) is 39.5 Å². The number of benzene rings is 2. The molecule has 0 spiro atoms. The zero-order valence-electron chi connectivity index (χ0n) is 20.4. The van der Waals surface area contributed by atoms with E-state index in [1.807, 2.05) is 23.6 Å². The van der Waals surface area contributed by atoms with Crippen LogP contribution in [-0.2, 0) is 16.1 Å². The monoisotopic (exact) mass is 479 g/mol. The van der Waals surface area contributed by atoms with E-state index in [0.29, 0.717) is 24.0 Å². The van der Waals surface area contributed by atoms with E-state index in [-0.39, 0.29) is 12.0 Å². The molecule has 1 atom stereocenters. The molecule has 2 aromatic carbocycles. The van der Waals surface area contributed by atoms with Crippen LogP contribution < -0.4 is 4.90 Å². The summed E-state index contributed by atoms with van der Waals surface area (Å²) >= 11 is 1.42. The van der Waals surface area contributed by atoms with Crippen LogP contribution in [0.2, 0.25) is 0 Å². The second-order valence-corrected chi connectivity index (χ2v) is 9.97. The molecule has 1 amide bonds. The molecule has 4 rings (SSSR count). The van der Waals surface area contributed by atoms with Gasteiger partial charge in [-0.05, 0) is 56.0 Å². The van der Waals surface area contributed by atoms with Crippen LogP contribution in [0.5, 0.6) is 0 Å². The Hall–Kier alpha value is -2.84. The Morgan fingerprint density at radius 1 is 1.18 bits per heavy atom. The number of rotatable bonds is 9. The first-order valence-electron chi connectivity index (χ1n) is 11.7. The van der Waals surface area contributed by atoms with Gasteiger partial charge in [-0.2, -0.15) is 0 Å². The summed E-state index contributed by atoms with van der Waals surface area (Å²) < 4.78 is 7.79. The van der Waals surface area contributed by atoms with E-state index in [9.17, 15) is 4.79 Å². The molecule has 3 aromatic rings. The van der Waals surface area contributed by atoms with Gasteiger partial charge in [-0.1, -0.05) is 41.6 Å². The largest absolute Gasteiger partial charge is 0.378 e. The van der Waals surface area contributed by atoms with E-state index >= 15 is 0 Å². The fraction of sp³-hybridized carbons (Fsp3) is 0.423. The fourth-order valence-corrected chi connectivity index (χ4v) is 5.01. The van der Waals surface area contributed by atoms with E-state index in [4.69, 9.17) is 4.74 Å². The second kappa shape index (κ2) is 11.1. The Kier molecular flexibility index (Phi) is 7.90. The minimum atomic E-state index is 0.0763. The molecule has 7 nitrogen and oxygen atoms in total. The van der Waals surface area contributed by atoms with Gasteiger partial charge in [0.2, 0.25) is 5.91 Å². The molecule has 1 aliphatic heterocycles. The lowest BCUT2D eigenvalue weighted by Crippen LogP contribution is -2.38. The Morgan fingerprint density at radius 3 is 2.65 bits per heavy atom. The van der Waals surface area contributed by atoms with Crippen molar-refractivity contribution in [1.82, 2.24) is 19.7 Å². The number of carbonyl (C=O) groups is 1. The lowest BCUT2D eigenvalue weighted by molar-refractivity contribution is -0.130. The highest BCUT2D eigenvalue weighted by molar-refractivity contribution is 7.99. The normalized spacial score (nSPS) is 15.5. The van der Waals surface area contributed by atoms with Crippen LogP contribution in [0.15, 0.2) is 53.9 Å². The third-order valence-electron chi connectivity index (χ3n) is 6.08. The number of aromatic nitrogens is 3. The summed E-state index contributed by atoms with van der Waals surface area (Å²) in [5.41, 5.74) is 5.64. The summed E-state index contributed by atoms with van der Waals surface area (Å²) in [5.74, 6) is 0.374. The van der Waals surface area contributed by atoms with Crippen molar-refractivity contribution >= 4 is 23.4 Å². The molecular formula is C26H33N5O2S. The van der Waals surface area contributed by atoms with Gasteiger partial charge in [-0.25, -0.2) is 0 Å². The number of nitrogens with zero attached hydrogens (tertiary/aromatic N) is 5. The number of ether oxygens (including phenoxy) is 1. The number of hydrogen-bond acceptors (Lipinski definition) is 6. The van der Waals surface area contributed by atoms with Crippen molar-refractivity contribution in [2.75, 3.05) is 37.9 Å². The first kappa shape index (κ1) is 24.3. The van der Waals surface area contributed by atoms with Gasteiger partial charge in [0.25, 0.3) is 0 Å². The van der Waals surface area contributed by atoms with Crippen molar-refractivity contribution < 1.29 is 9.53 Å². The highest BCUT2D eigenvalue weighted by atomic mass is 32.2. The molecule has 34 heavy (non-hydrogen) atoms. The maximum Gasteiger partial charge on any atom is 0.233 e. The van der Waals surface area contributed by atoms with Crippen LogP contribution in [0.1, 0.15) is 29.5 Å². The van der Waals surface area contributed by atoms with E-state index in [0.717, 1.165) is 42.0 Å². The molecule has 8 heteroatoms. The summed E-state index contributed by atoms with van der Waals surface area (Å²) in [5, 5.41) is 9.09. The molecule has 1 saturated heterocycles. The van der Waals surface area contributed by atoms with Crippen LogP contribution in [0.25, 0.3) is 5.69 Å². The molecule has 1 aliphatic rings. The number of aryl methyl sites for hydroxylation is 2. The molecule has 0 N–H and O–H groups in total. The molecule has 180 valence electrons. The Balaban J connectivity index is 1.46. The first-order valence-corrected chi connectivity index (χ1v) is 12.7. The molecule has 0 radical (unpaired) electrons. The Morgan fingerprint density at radius 2 is 1.97 bits per heavy atom. The Labute approximate surface area is 206 Å². The highest BCUT2D eigenvalue weighted by Crippen LogP contribution is 2.24. The molecule has 1 aromatic heterocycles. The van der Waals surface area contributed by atoms with Crippen molar-refractivity contribution in [3.8, 4) is 5.69 Å². The number of hydrogen-bond donors (Lipinski definition) is 0. The molecular weight excluding hydrogens is 446 g/mol. The molecule has 1 fully saturated rings.